The third-order valence-electron chi connectivity index (χ3n) is 3.66. The number of halogens is 2. The first kappa shape index (κ1) is 13.8. The van der Waals surface area contributed by atoms with E-state index in [9.17, 15) is 8.78 Å². The fourth-order valence-electron chi connectivity index (χ4n) is 2.53. The third-order valence-corrected chi connectivity index (χ3v) is 3.66. The smallest absolute Gasteiger partial charge is 0.159 e. The van der Waals surface area contributed by atoms with E-state index in [4.69, 9.17) is 0 Å². The molecule has 0 atom stereocenters. The van der Waals surface area contributed by atoms with Crippen LogP contribution in [0.25, 0.3) is 10.9 Å². The molecule has 0 aliphatic rings. The molecule has 0 radical (unpaired) electrons. The maximum absolute atomic E-state index is 13.1. The van der Waals surface area contributed by atoms with Gasteiger partial charge in [-0.1, -0.05) is 24.3 Å². The molecule has 0 aliphatic heterocycles. The molecule has 21 heavy (non-hydrogen) atoms. The van der Waals surface area contributed by atoms with Gasteiger partial charge in [0, 0.05) is 29.1 Å². The summed E-state index contributed by atoms with van der Waals surface area (Å²) in [6.07, 6.45) is 2.98. The summed E-state index contributed by atoms with van der Waals surface area (Å²) in [4.78, 5) is 3.26. The van der Waals surface area contributed by atoms with Crippen molar-refractivity contribution in [2.75, 3.05) is 6.54 Å². The number of H-pyrrole nitrogens is 1. The molecular weight excluding hydrogens is 270 g/mol. The van der Waals surface area contributed by atoms with Gasteiger partial charge in [-0.25, -0.2) is 8.78 Å². The lowest BCUT2D eigenvalue weighted by atomic mass is 10.1. The average Bonchev–Trinajstić information content (AvgIpc) is 2.91. The molecule has 108 valence electrons. The standard InChI is InChI=1S/C17H16F2N2/c18-15-6-5-12(9-16(15)19)10-20-8-7-13-11-21-17-4-2-1-3-14(13)17/h1-6,9,11,20-21H,7-8,10H2/p+1. The highest BCUT2D eigenvalue weighted by atomic mass is 19.2. The summed E-state index contributed by atoms with van der Waals surface area (Å²) in [5, 5.41) is 3.35. The van der Waals surface area contributed by atoms with E-state index in [-0.39, 0.29) is 0 Å². The lowest BCUT2D eigenvalue weighted by Crippen LogP contribution is -2.83. The summed E-state index contributed by atoms with van der Waals surface area (Å²) in [5.74, 6) is -1.57. The van der Waals surface area contributed by atoms with Gasteiger partial charge in [-0.05, 0) is 23.8 Å². The zero-order chi connectivity index (χ0) is 14.7. The SMILES string of the molecule is Fc1ccc(C[NH2+]CCc2c[nH]c3ccccc23)cc1F. The van der Waals surface area contributed by atoms with Gasteiger partial charge in [-0.15, -0.1) is 0 Å². The number of quaternary nitrogens is 1. The number of fused-ring (bicyclic) bond motifs is 1. The number of aromatic nitrogens is 1. The van der Waals surface area contributed by atoms with E-state index in [1.807, 2.05) is 18.3 Å². The van der Waals surface area contributed by atoms with Gasteiger partial charge in [0.1, 0.15) is 6.54 Å². The zero-order valence-electron chi connectivity index (χ0n) is 11.6. The van der Waals surface area contributed by atoms with Crippen molar-refractivity contribution >= 4 is 10.9 Å². The van der Waals surface area contributed by atoms with Crippen LogP contribution < -0.4 is 5.32 Å². The number of rotatable bonds is 5. The highest BCUT2D eigenvalue weighted by Gasteiger charge is 2.05. The van der Waals surface area contributed by atoms with Crippen molar-refractivity contribution in [1.29, 1.82) is 0 Å². The van der Waals surface area contributed by atoms with Crippen molar-refractivity contribution < 1.29 is 14.1 Å². The van der Waals surface area contributed by atoms with Crippen LogP contribution in [0.1, 0.15) is 11.1 Å². The van der Waals surface area contributed by atoms with Gasteiger partial charge in [0.15, 0.2) is 11.6 Å². The Bertz CT molecular complexity index is 749. The van der Waals surface area contributed by atoms with Crippen molar-refractivity contribution in [3.05, 3.63) is 71.4 Å². The van der Waals surface area contributed by atoms with Crippen LogP contribution in [0.5, 0.6) is 0 Å². The predicted molar refractivity (Wildman–Crippen MR) is 78.9 cm³/mol. The molecule has 1 heterocycles. The lowest BCUT2D eigenvalue weighted by Gasteiger charge is -2.03. The van der Waals surface area contributed by atoms with Gasteiger partial charge in [0.05, 0.1) is 6.54 Å². The first-order valence-electron chi connectivity index (χ1n) is 7.04. The van der Waals surface area contributed by atoms with Crippen LogP contribution in [0.15, 0.2) is 48.7 Å². The highest BCUT2D eigenvalue weighted by Crippen LogP contribution is 2.17. The van der Waals surface area contributed by atoms with Crippen LogP contribution in [0.4, 0.5) is 8.78 Å². The topological polar surface area (TPSA) is 32.4 Å². The molecule has 0 unspecified atom stereocenters. The predicted octanol–water partition coefficient (Wildman–Crippen LogP) is 2.75. The molecule has 3 N–H and O–H groups in total. The molecule has 0 amide bonds. The Morgan fingerprint density at radius 3 is 2.71 bits per heavy atom. The first-order valence-corrected chi connectivity index (χ1v) is 7.04. The van der Waals surface area contributed by atoms with E-state index >= 15 is 0 Å². The van der Waals surface area contributed by atoms with E-state index < -0.39 is 11.6 Å². The maximum Gasteiger partial charge on any atom is 0.159 e. The van der Waals surface area contributed by atoms with Crippen LogP contribution >= 0.6 is 0 Å². The first-order chi connectivity index (χ1) is 10.2. The summed E-state index contributed by atoms with van der Waals surface area (Å²) in [5.41, 5.74) is 3.23. The molecule has 1 aromatic heterocycles. The van der Waals surface area contributed by atoms with Crippen molar-refractivity contribution in [3.63, 3.8) is 0 Å². The second-order valence-corrected chi connectivity index (χ2v) is 5.14. The zero-order valence-corrected chi connectivity index (χ0v) is 11.6. The van der Waals surface area contributed by atoms with Gasteiger partial charge < -0.3 is 10.3 Å². The Morgan fingerprint density at radius 2 is 1.86 bits per heavy atom. The number of para-hydroxylation sites is 1. The summed E-state index contributed by atoms with van der Waals surface area (Å²) < 4.78 is 25.9. The van der Waals surface area contributed by atoms with Gasteiger partial charge in [-0.3, -0.25) is 0 Å². The van der Waals surface area contributed by atoms with E-state index in [0.717, 1.165) is 24.0 Å². The fourth-order valence-corrected chi connectivity index (χ4v) is 2.53. The monoisotopic (exact) mass is 287 g/mol. The number of benzene rings is 2. The van der Waals surface area contributed by atoms with Crippen molar-refractivity contribution in [1.82, 2.24) is 4.98 Å². The number of nitrogens with two attached hydrogens (primary N) is 1. The highest BCUT2D eigenvalue weighted by molar-refractivity contribution is 5.82. The molecule has 2 aromatic carbocycles. The molecule has 3 aromatic rings. The van der Waals surface area contributed by atoms with Gasteiger partial charge in [-0.2, -0.15) is 0 Å². The molecular formula is C17H17F2N2+. The van der Waals surface area contributed by atoms with E-state index in [2.05, 4.69) is 22.4 Å². The minimum Gasteiger partial charge on any atom is -0.361 e. The van der Waals surface area contributed by atoms with E-state index in [1.165, 1.54) is 23.1 Å². The molecule has 0 fully saturated rings. The molecule has 0 aliphatic carbocycles. The number of hydrogen-bond donors (Lipinski definition) is 2. The maximum atomic E-state index is 13.1. The van der Waals surface area contributed by atoms with E-state index in [1.54, 1.807) is 6.07 Å². The van der Waals surface area contributed by atoms with E-state index in [0.29, 0.717) is 6.54 Å². The van der Waals surface area contributed by atoms with Crippen molar-refractivity contribution in [3.8, 4) is 0 Å². The Balaban J connectivity index is 1.55. The van der Waals surface area contributed by atoms with Gasteiger partial charge >= 0.3 is 0 Å². The van der Waals surface area contributed by atoms with Crippen molar-refractivity contribution in [2.45, 2.75) is 13.0 Å². The van der Waals surface area contributed by atoms with Crippen LogP contribution in [-0.2, 0) is 13.0 Å². The van der Waals surface area contributed by atoms with Crippen LogP contribution in [-0.4, -0.2) is 11.5 Å². The minimum atomic E-state index is -0.794. The molecule has 3 rings (SSSR count). The summed E-state index contributed by atoms with van der Waals surface area (Å²) in [7, 11) is 0. The lowest BCUT2D eigenvalue weighted by molar-refractivity contribution is -0.670. The van der Waals surface area contributed by atoms with Crippen LogP contribution in [0.2, 0.25) is 0 Å². The Kier molecular flexibility index (Phi) is 3.97. The van der Waals surface area contributed by atoms with Crippen molar-refractivity contribution in [2.24, 2.45) is 0 Å². The molecule has 0 spiro atoms. The molecule has 0 saturated heterocycles. The summed E-state index contributed by atoms with van der Waals surface area (Å²) in [6.45, 7) is 1.56. The molecule has 2 nitrogen and oxygen atoms in total. The van der Waals surface area contributed by atoms with Gasteiger partial charge in [0.25, 0.3) is 0 Å². The van der Waals surface area contributed by atoms with Crippen LogP contribution in [0, 0.1) is 11.6 Å². The fraction of sp³-hybridized carbons (Fsp3) is 0.176. The second-order valence-electron chi connectivity index (χ2n) is 5.14. The number of hydrogen-bond acceptors (Lipinski definition) is 0. The Hall–Kier alpha value is -2.20. The largest absolute Gasteiger partial charge is 0.361 e. The molecule has 0 saturated carbocycles. The normalized spacial score (nSPS) is 11.1. The molecule has 0 bridgehead atoms. The quantitative estimate of drug-likeness (QED) is 0.676. The van der Waals surface area contributed by atoms with Gasteiger partial charge in [0.2, 0.25) is 0 Å². The van der Waals surface area contributed by atoms with Crippen LogP contribution in [0.3, 0.4) is 0 Å². The molecule has 4 heteroatoms. The Labute approximate surface area is 121 Å². The summed E-state index contributed by atoms with van der Waals surface area (Å²) in [6, 6.07) is 12.3. The second kappa shape index (κ2) is 6.06. The number of nitrogens with one attached hydrogen (secondary N) is 1. The average molecular weight is 287 g/mol. The number of aromatic amines is 1. The summed E-state index contributed by atoms with van der Waals surface area (Å²) >= 11 is 0. The third kappa shape index (κ3) is 3.11. The Morgan fingerprint density at radius 1 is 1.00 bits per heavy atom. The minimum absolute atomic E-state index is 0.652.